The number of hydrogen-bond acceptors (Lipinski definition) is 7. The molecule has 0 bridgehead atoms. The molecule has 3 aromatic heterocycles. The van der Waals surface area contributed by atoms with Gasteiger partial charge in [0.25, 0.3) is 0 Å². The first-order valence-corrected chi connectivity index (χ1v) is 8.42. The van der Waals surface area contributed by atoms with E-state index in [1.807, 2.05) is 12.1 Å². The third-order valence-corrected chi connectivity index (χ3v) is 4.41. The van der Waals surface area contributed by atoms with Crippen LogP contribution in [0.1, 0.15) is 12.8 Å². The topological polar surface area (TPSA) is 102 Å². The SMILES string of the molecule is O=C(Nc1cccnc1)C1CCN(c2cc(-n3cncn3)ncn2)CC1. The molecule has 132 valence electrons. The van der Waals surface area contributed by atoms with Crippen molar-refractivity contribution >= 4 is 17.4 Å². The maximum absolute atomic E-state index is 12.4. The summed E-state index contributed by atoms with van der Waals surface area (Å²) in [5.41, 5.74) is 0.730. The third kappa shape index (κ3) is 3.51. The number of nitrogens with zero attached hydrogens (tertiary/aromatic N) is 7. The number of pyridine rings is 1. The second kappa shape index (κ2) is 7.26. The number of nitrogens with one attached hydrogen (secondary N) is 1. The molecule has 0 radical (unpaired) electrons. The van der Waals surface area contributed by atoms with Crippen molar-refractivity contribution in [1.82, 2.24) is 29.7 Å². The van der Waals surface area contributed by atoms with Crippen molar-refractivity contribution in [1.29, 1.82) is 0 Å². The number of carbonyl (C=O) groups excluding carboxylic acids is 1. The third-order valence-electron chi connectivity index (χ3n) is 4.41. The van der Waals surface area contributed by atoms with Crippen molar-refractivity contribution in [3.05, 3.63) is 49.6 Å². The zero-order valence-corrected chi connectivity index (χ0v) is 14.1. The molecule has 1 amide bonds. The number of piperidine rings is 1. The molecular weight excluding hydrogens is 332 g/mol. The van der Waals surface area contributed by atoms with E-state index in [1.165, 1.54) is 12.7 Å². The van der Waals surface area contributed by atoms with Crippen molar-refractivity contribution in [2.45, 2.75) is 12.8 Å². The first kappa shape index (κ1) is 16.1. The molecule has 1 N–H and O–H groups in total. The largest absolute Gasteiger partial charge is 0.356 e. The fourth-order valence-electron chi connectivity index (χ4n) is 3.01. The average Bonchev–Trinajstić information content (AvgIpc) is 3.24. The number of rotatable bonds is 4. The van der Waals surface area contributed by atoms with E-state index in [-0.39, 0.29) is 11.8 Å². The van der Waals surface area contributed by atoms with Crippen LogP contribution in [0.5, 0.6) is 0 Å². The lowest BCUT2D eigenvalue weighted by Crippen LogP contribution is -2.38. The lowest BCUT2D eigenvalue weighted by molar-refractivity contribution is -0.120. The summed E-state index contributed by atoms with van der Waals surface area (Å²) in [4.78, 5) is 31.1. The zero-order valence-electron chi connectivity index (χ0n) is 14.1. The molecule has 4 heterocycles. The molecule has 0 aromatic carbocycles. The molecule has 26 heavy (non-hydrogen) atoms. The zero-order chi connectivity index (χ0) is 17.8. The van der Waals surface area contributed by atoms with Gasteiger partial charge >= 0.3 is 0 Å². The molecular formula is C17H18N8O. The molecule has 9 nitrogen and oxygen atoms in total. The highest BCUT2D eigenvalue weighted by Crippen LogP contribution is 2.23. The summed E-state index contributed by atoms with van der Waals surface area (Å²) >= 11 is 0. The summed E-state index contributed by atoms with van der Waals surface area (Å²) in [6.07, 6.45) is 9.47. The smallest absolute Gasteiger partial charge is 0.227 e. The first-order chi connectivity index (χ1) is 12.8. The van der Waals surface area contributed by atoms with Gasteiger partial charge in [-0.2, -0.15) is 5.10 Å². The van der Waals surface area contributed by atoms with Crippen molar-refractivity contribution in [2.75, 3.05) is 23.3 Å². The quantitative estimate of drug-likeness (QED) is 0.757. The van der Waals surface area contributed by atoms with Gasteiger partial charge in [-0.15, -0.1) is 0 Å². The van der Waals surface area contributed by atoms with Gasteiger partial charge in [0, 0.05) is 31.3 Å². The molecule has 0 spiro atoms. The van der Waals surface area contributed by atoms with Crippen molar-refractivity contribution in [3.8, 4) is 5.82 Å². The van der Waals surface area contributed by atoms with E-state index in [9.17, 15) is 4.79 Å². The van der Waals surface area contributed by atoms with Crippen molar-refractivity contribution < 1.29 is 4.79 Å². The maximum atomic E-state index is 12.4. The normalized spacial score (nSPS) is 15.0. The fourth-order valence-corrected chi connectivity index (χ4v) is 3.01. The number of hydrogen-bond donors (Lipinski definition) is 1. The van der Waals surface area contributed by atoms with Gasteiger partial charge in [0.1, 0.15) is 24.8 Å². The van der Waals surface area contributed by atoms with E-state index >= 15 is 0 Å². The van der Waals surface area contributed by atoms with Crippen LogP contribution < -0.4 is 10.2 Å². The van der Waals surface area contributed by atoms with Gasteiger partial charge in [-0.05, 0) is 25.0 Å². The summed E-state index contributed by atoms with van der Waals surface area (Å²) in [7, 11) is 0. The van der Waals surface area contributed by atoms with Gasteiger partial charge < -0.3 is 10.2 Å². The van der Waals surface area contributed by atoms with Crippen LogP contribution in [0, 0.1) is 5.92 Å². The van der Waals surface area contributed by atoms with Crippen LogP contribution in [0.2, 0.25) is 0 Å². The minimum absolute atomic E-state index is 0.0110. The Kier molecular flexibility index (Phi) is 4.50. The van der Waals surface area contributed by atoms with Crippen LogP contribution in [0.25, 0.3) is 5.82 Å². The van der Waals surface area contributed by atoms with E-state index in [0.29, 0.717) is 5.82 Å². The van der Waals surface area contributed by atoms with Gasteiger partial charge in [0.05, 0.1) is 11.9 Å². The van der Waals surface area contributed by atoms with Crippen LogP contribution in [0.3, 0.4) is 0 Å². The van der Waals surface area contributed by atoms with E-state index in [1.54, 1.807) is 29.5 Å². The molecule has 0 atom stereocenters. The van der Waals surface area contributed by atoms with Gasteiger partial charge in [-0.1, -0.05) is 0 Å². The molecule has 0 unspecified atom stereocenters. The Balaban J connectivity index is 1.38. The first-order valence-electron chi connectivity index (χ1n) is 8.42. The molecule has 0 saturated carbocycles. The lowest BCUT2D eigenvalue weighted by atomic mass is 9.96. The van der Waals surface area contributed by atoms with Gasteiger partial charge in [-0.25, -0.2) is 19.6 Å². The van der Waals surface area contributed by atoms with Crippen LogP contribution >= 0.6 is 0 Å². The lowest BCUT2D eigenvalue weighted by Gasteiger charge is -2.32. The van der Waals surface area contributed by atoms with E-state index in [4.69, 9.17) is 0 Å². The van der Waals surface area contributed by atoms with Crippen LogP contribution in [-0.4, -0.2) is 48.7 Å². The highest BCUT2D eigenvalue weighted by molar-refractivity contribution is 5.92. The molecule has 1 aliphatic rings. The summed E-state index contributed by atoms with van der Waals surface area (Å²) in [5.74, 6) is 1.53. The highest BCUT2D eigenvalue weighted by Gasteiger charge is 2.26. The summed E-state index contributed by atoms with van der Waals surface area (Å²) in [5, 5.41) is 7.02. The predicted octanol–water partition coefficient (Wildman–Crippen LogP) is 1.31. The Morgan fingerprint density at radius 1 is 1.12 bits per heavy atom. The molecule has 3 aromatic rings. The molecule has 4 rings (SSSR count). The van der Waals surface area contributed by atoms with Crippen molar-refractivity contribution in [2.24, 2.45) is 5.92 Å². The number of carbonyl (C=O) groups is 1. The predicted molar refractivity (Wildman–Crippen MR) is 94.8 cm³/mol. The monoisotopic (exact) mass is 350 g/mol. The second-order valence-electron chi connectivity index (χ2n) is 6.07. The summed E-state index contributed by atoms with van der Waals surface area (Å²) in [6, 6.07) is 5.53. The Hall–Kier alpha value is -3.36. The standard InChI is InChI=1S/C17H18N8O/c26-17(23-14-2-1-5-18-9-14)13-3-6-24(7-4-13)15-8-16(21-11-20-15)25-12-19-10-22-25/h1-2,5,8-13H,3-4,6-7H2,(H,23,26). The summed E-state index contributed by atoms with van der Waals surface area (Å²) < 4.78 is 1.60. The maximum Gasteiger partial charge on any atom is 0.227 e. The Labute approximate surface area is 150 Å². The van der Waals surface area contributed by atoms with Crippen LogP contribution in [-0.2, 0) is 4.79 Å². The van der Waals surface area contributed by atoms with E-state index in [0.717, 1.165) is 37.4 Å². The highest BCUT2D eigenvalue weighted by atomic mass is 16.1. The Morgan fingerprint density at radius 2 is 1.96 bits per heavy atom. The molecule has 1 aliphatic heterocycles. The minimum Gasteiger partial charge on any atom is -0.356 e. The molecule has 1 saturated heterocycles. The molecule has 9 heteroatoms. The summed E-state index contributed by atoms with van der Waals surface area (Å²) in [6.45, 7) is 1.53. The Morgan fingerprint density at radius 3 is 2.69 bits per heavy atom. The minimum atomic E-state index is -0.0110. The van der Waals surface area contributed by atoms with Crippen molar-refractivity contribution in [3.63, 3.8) is 0 Å². The second-order valence-corrected chi connectivity index (χ2v) is 6.07. The number of amides is 1. The van der Waals surface area contributed by atoms with E-state index < -0.39 is 0 Å². The van der Waals surface area contributed by atoms with E-state index in [2.05, 4.69) is 35.3 Å². The van der Waals surface area contributed by atoms with Gasteiger partial charge in [0.2, 0.25) is 5.91 Å². The Bertz CT molecular complexity index is 859. The number of anilines is 2. The van der Waals surface area contributed by atoms with Crippen LogP contribution in [0.4, 0.5) is 11.5 Å². The molecule has 1 fully saturated rings. The van der Waals surface area contributed by atoms with Gasteiger partial charge in [0.15, 0.2) is 5.82 Å². The van der Waals surface area contributed by atoms with Gasteiger partial charge in [-0.3, -0.25) is 9.78 Å². The fraction of sp³-hybridized carbons (Fsp3) is 0.294. The number of aromatic nitrogens is 6. The van der Waals surface area contributed by atoms with Crippen LogP contribution in [0.15, 0.2) is 49.6 Å². The molecule has 0 aliphatic carbocycles. The average molecular weight is 350 g/mol.